The summed E-state index contributed by atoms with van der Waals surface area (Å²) >= 11 is 0. The number of aromatic nitrogens is 3. The molecule has 1 amide bonds. The number of aliphatic hydroxyl groups excluding tert-OH is 1. The summed E-state index contributed by atoms with van der Waals surface area (Å²) in [6.07, 6.45) is 4.86. The molecule has 4 rings (SSSR count). The molecule has 9 nitrogen and oxygen atoms in total. The molecule has 2 heterocycles. The third kappa shape index (κ3) is 7.07. The fourth-order valence-corrected chi connectivity index (χ4v) is 8.17. The van der Waals surface area contributed by atoms with Crippen LogP contribution < -0.4 is 11.1 Å². The predicted octanol–water partition coefficient (Wildman–Crippen LogP) is 3.64. The number of hydrogen-bond donors (Lipinski definition) is 4. The second-order valence-corrected chi connectivity index (χ2v) is 14.8. The molecule has 204 valence electrons. The number of benzene rings is 2. The van der Waals surface area contributed by atoms with Crippen LogP contribution in [0.2, 0.25) is 18.6 Å². The first-order chi connectivity index (χ1) is 18.1. The van der Waals surface area contributed by atoms with E-state index in [2.05, 4.69) is 22.6 Å². The van der Waals surface area contributed by atoms with Gasteiger partial charge in [-0.15, -0.1) is 5.10 Å². The lowest BCUT2D eigenvalue weighted by Gasteiger charge is -2.30. The Morgan fingerprint density at radius 2 is 1.79 bits per heavy atom. The summed E-state index contributed by atoms with van der Waals surface area (Å²) in [6, 6.07) is 14.7. The third-order valence-corrected chi connectivity index (χ3v) is 9.95. The van der Waals surface area contributed by atoms with Crippen molar-refractivity contribution >= 4 is 25.6 Å². The molecule has 0 spiro atoms. The van der Waals surface area contributed by atoms with E-state index in [9.17, 15) is 9.59 Å². The summed E-state index contributed by atoms with van der Waals surface area (Å²) in [6.45, 7) is 6.91. The highest BCUT2D eigenvalue weighted by molar-refractivity contribution is 6.71. The number of aliphatic hydroxyl groups is 1. The molecular formula is C28H39N5O4Si. The first-order valence-electron chi connectivity index (χ1n) is 13.3. The number of anilines is 2. The number of nitrogen functional groups attached to an aromatic ring is 1. The maximum atomic E-state index is 12.5. The van der Waals surface area contributed by atoms with E-state index in [0.29, 0.717) is 24.2 Å². The lowest BCUT2D eigenvalue weighted by atomic mass is 9.95. The molecule has 1 aromatic heterocycles. The summed E-state index contributed by atoms with van der Waals surface area (Å²) in [7, 11) is -2.45. The van der Waals surface area contributed by atoms with Crippen molar-refractivity contribution in [2.24, 2.45) is 5.92 Å². The Balaban J connectivity index is 1.32. The normalized spacial score (nSPS) is 21.5. The van der Waals surface area contributed by atoms with Crippen molar-refractivity contribution in [3.05, 3.63) is 71.5 Å². The summed E-state index contributed by atoms with van der Waals surface area (Å²) in [5, 5.41) is 20.3. The van der Waals surface area contributed by atoms with Gasteiger partial charge in [-0.05, 0) is 80.2 Å². The van der Waals surface area contributed by atoms with E-state index in [0.717, 1.165) is 30.6 Å². The molecule has 0 radical (unpaired) electrons. The maximum absolute atomic E-state index is 12.5. The Kier molecular flexibility index (Phi) is 8.98. The first kappa shape index (κ1) is 28.0. The van der Waals surface area contributed by atoms with Gasteiger partial charge in [0.15, 0.2) is 8.32 Å². The molecule has 10 heteroatoms. The van der Waals surface area contributed by atoms with Crippen LogP contribution in [0.15, 0.2) is 54.7 Å². The van der Waals surface area contributed by atoms with Crippen molar-refractivity contribution in [3.8, 4) is 0 Å². The third-order valence-electron chi connectivity index (χ3n) is 7.42. The van der Waals surface area contributed by atoms with Crippen LogP contribution in [0.4, 0.5) is 11.4 Å². The maximum Gasteiger partial charge on any atom is 0.255 e. The fraction of sp³-hybridized carbons (Fsp3) is 0.464. The number of ether oxygens (including phenoxy) is 1. The fourth-order valence-electron chi connectivity index (χ4n) is 5.52. The zero-order chi connectivity index (χ0) is 27.3. The molecule has 5 N–H and O–H groups in total. The Bertz CT molecular complexity index is 1190. The van der Waals surface area contributed by atoms with E-state index in [1.165, 1.54) is 5.56 Å². The van der Waals surface area contributed by atoms with Crippen molar-refractivity contribution in [2.75, 3.05) is 17.7 Å². The smallest absolute Gasteiger partial charge is 0.255 e. The van der Waals surface area contributed by atoms with E-state index < -0.39 is 8.32 Å². The number of carbonyl (C=O) groups is 1. The quantitative estimate of drug-likeness (QED) is 0.217. The Hall–Kier alpha value is -3.05. The van der Waals surface area contributed by atoms with Gasteiger partial charge >= 0.3 is 0 Å². The topological polar surface area (TPSA) is 136 Å². The number of amides is 1. The van der Waals surface area contributed by atoms with E-state index in [-0.39, 0.29) is 36.2 Å². The van der Waals surface area contributed by atoms with Gasteiger partial charge in [0.2, 0.25) is 0 Å². The van der Waals surface area contributed by atoms with E-state index in [4.69, 9.17) is 15.6 Å². The minimum Gasteiger partial charge on any atom is -0.432 e. The predicted molar refractivity (Wildman–Crippen MR) is 150 cm³/mol. The van der Waals surface area contributed by atoms with Gasteiger partial charge in [-0.2, -0.15) is 0 Å². The largest absolute Gasteiger partial charge is 0.432 e. The van der Waals surface area contributed by atoms with Crippen LogP contribution in [0.3, 0.4) is 0 Å². The molecule has 1 aliphatic rings. The van der Waals surface area contributed by atoms with Crippen LogP contribution in [-0.2, 0) is 24.1 Å². The zero-order valence-electron chi connectivity index (χ0n) is 22.4. The average Bonchev–Trinajstić information content (AvgIpc) is 3.46. The van der Waals surface area contributed by atoms with Gasteiger partial charge in [0.1, 0.15) is 0 Å². The molecule has 2 aromatic carbocycles. The summed E-state index contributed by atoms with van der Waals surface area (Å²) in [4.78, 5) is 23.5. The molecule has 4 atom stereocenters. The molecule has 38 heavy (non-hydrogen) atoms. The summed E-state index contributed by atoms with van der Waals surface area (Å²) < 4.78 is 8.35. The molecule has 0 bridgehead atoms. The van der Waals surface area contributed by atoms with Crippen LogP contribution >= 0.6 is 0 Å². The highest BCUT2D eigenvalue weighted by atomic mass is 28.4. The van der Waals surface area contributed by atoms with Gasteiger partial charge in [0.05, 0.1) is 17.9 Å². The molecule has 1 fully saturated rings. The van der Waals surface area contributed by atoms with Crippen molar-refractivity contribution in [1.82, 2.24) is 15.0 Å². The number of nitrogens with zero attached hydrogens (tertiary/aromatic N) is 3. The van der Waals surface area contributed by atoms with Crippen molar-refractivity contribution in [2.45, 2.75) is 70.0 Å². The number of aryl methyl sites for hydroxylation is 2. The van der Waals surface area contributed by atoms with Gasteiger partial charge in [-0.25, -0.2) is 0 Å². The SMILES string of the molecule is C[C@H]1[C@H]([Si](C)(C)O)[C@@H](CCn2cc(CCO)nn2)O[C@H]1CCc1ccc(NC(=O)c2ccc(N)cc2)cc1. The second kappa shape index (κ2) is 12.2. The minimum atomic E-state index is -2.45. The molecule has 0 aliphatic carbocycles. The highest BCUT2D eigenvalue weighted by Gasteiger charge is 2.49. The molecule has 1 saturated heterocycles. The van der Waals surface area contributed by atoms with Gasteiger partial charge in [-0.1, -0.05) is 24.3 Å². The van der Waals surface area contributed by atoms with Crippen molar-refractivity contribution in [1.29, 1.82) is 0 Å². The van der Waals surface area contributed by atoms with Crippen LogP contribution in [0.1, 0.15) is 41.4 Å². The second-order valence-electron chi connectivity index (χ2n) is 10.8. The number of carbonyl (C=O) groups excluding carboxylic acids is 1. The van der Waals surface area contributed by atoms with Gasteiger partial charge in [0.25, 0.3) is 5.91 Å². The minimum absolute atomic E-state index is 0.0296. The Morgan fingerprint density at radius 3 is 2.45 bits per heavy atom. The molecule has 0 saturated carbocycles. The van der Waals surface area contributed by atoms with Gasteiger partial charge in [0, 0.05) is 48.2 Å². The van der Waals surface area contributed by atoms with Gasteiger partial charge in [-0.3, -0.25) is 9.48 Å². The van der Waals surface area contributed by atoms with Crippen LogP contribution in [0.25, 0.3) is 0 Å². The van der Waals surface area contributed by atoms with Crippen LogP contribution in [0.5, 0.6) is 0 Å². The van der Waals surface area contributed by atoms with Crippen molar-refractivity contribution < 1.29 is 19.4 Å². The number of nitrogens with two attached hydrogens (primary N) is 1. The number of nitrogens with one attached hydrogen (secondary N) is 1. The standard InChI is InChI=1S/C28H39N5O4Si/c1-19-25(37-26(27(19)38(2,3)36)14-16-33-18-24(15-17-34)31-32-33)13-6-20-4-11-23(12-5-20)30-28(35)21-7-9-22(29)10-8-21/h4-5,7-12,18-19,25-27,34,36H,6,13-17,29H2,1-3H3,(H,30,35)/t19-,25+,26-,27+/m1/s1. The van der Waals surface area contributed by atoms with E-state index in [1.54, 1.807) is 28.9 Å². The lowest BCUT2D eigenvalue weighted by molar-refractivity contribution is 0.0245. The summed E-state index contributed by atoms with van der Waals surface area (Å²) in [5.41, 5.74) is 9.71. The van der Waals surface area contributed by atoms with Crippen LogP contribution in [-0.4, -0.2) is 57.9 Å². The lowest BCUT2D eigenvalue weighted by Crippen LogP contribution is -2.40. The Labute approximate surface area is 225 Å². The zero-order valence-corrected chi connectivity index (χ0v) is 23.4. The monoisotopic (exact) mass is 537 g/mol. The van der Waals surface area contributed by atoms with E-state index in [1.807, 2.05) is 43.6 Å². The average molecular weight is 538 g/mol. The van der Waals surface area contributed by atoms with Gasteiger partial charge < -0.3 is 25.7 Å². The van der Waals surface area contributed by atoms with E-state index >= 15 is 0 Å². The van der Waals surface area contributed by atoms with Crippen LogP contribution in [0, 0.1) is 5.92 Å². The molecule has 3 aromatic rings. The molecular weight excluding hydrogens is 498 g/mol. The number of hydrogen-bond acceptors (Lipinski definition) is 7. The molecule has 1 aliphatic heterocycles. The van der Waals surface area contributed by atoms with Crippen molar-refractivity contribution in [3.63, 3.8) is 0 Å². The number of rotatable bonds is 11. The summed E-state index contributed by atoms with van der Waals surface area (Å²) in [5.74, 6) is 0.0835. The first-order valence-corrected chi connectivity index (χ1v) is 16.3. The molecule has 0 unspecified atom stereocenters. The highest BCUT2D eigenvalue weighted by Crippen LogP contribution is 2.45. The Morgan fingerprint density at radius 1 is 1.08 bits per heavy atom.